The Morgan fingerprint density at radius 1 is 1.26 bits per heavy atom. The van der Waals surface area contributed by atoms with Crippen LogP contribution in [0.5, 0.6) is 0 Å². The third-order valence-electron chi connectivity index (χ3n) is 2.52. The molecule has 0 aliphatic rings. The number of nitrogens with one attached hydrogen (secondary N) is 2. The Labute approximate surface area is 110 Å². The number of carbonyl (C=O) groups is 1. The first-order valence-corrected chi connectivity index (χ1v) is 6.02. The Bertz CT molecular complexity index is 526. The summed E-state index contributed by atoms with van der Waals surface area (Å²) in [4.78, 5) is 11.6. The first-order valence-electron chi connectivity index (χ1n) is 6.02. The zero-order valence-corrected chi connectivity index (χ0v) is 10.4. The van der Waals surface area contributed by atoms with Crippen molar-refractivity contribution >= 4 is 11.6 Å². The van der Waals surface area contributed by atoms with Gasteiger partial charge in [-0.25, -0.2) is 4.39 Å². The second kappa shape index (κ2) is 6.70. The molecule has 4 nitrogen and oxygen atoms in total. The SMILES string of the molecule is O=C(CNCCc1ccco1)Nc1cccc(F)c1. The minimum atomic E-state index is -0.372. The van der Waals surface area contributed by atoms with E-state index in [1.807, 2.05) is 12.1 Å². The van der Waals surface area contributed by atoms with Gasteiger partial charge in [0, 0.05) is 18.7 Å². The van der Waals surface area contributed by atoms with Crippen LogP contribution in [-0.4, -0.2) is 19.0 Å². The average molecular weight is 262 g/mol. The quantitative estimate of drug-likeness (QED) is 0.785. The normalized spacial score (nSPS) is 10.4. The van der Waals surface area contributed by atoms with E-state index in [2.05, 4.69) is 10.6 Å². The van der Waals surface area contributed by atoms with Crippen LogP contribution in [-0.2, 0) is 11.2 Å². The molecule has 0 spiro atoms. The van der Waals surface area contributed by atoms with Crippen LogP contribution in [0.15, 0.2) is 47.1 Å². The van der Waals surface area contributed by atoms with Crippen LogP contribution in [0.1, 0.15) is 5.76 Å². The Morgan fingerprint density at radius 2 is 2.16 bits per heavy atom. The number of furan rings is 1. The topological polar surface area (TPSA) is 54.3 Å². The lowest BCUT2D eigenvalue weighted by Gasteiger charge is -2.06. The summed E-state index contributed by atoms with van der Waals surface area (Å²) in [6.07, 6.45) is 2.34. The number of anilines is 1. The first kappa shape index (κ1) is 13.3. The predicted octanol–water partition coefficient (Wildman–Crippen LogP) is 2.19. The minimum absolute atomic E-state index is 0.178. The summed E-state index contributed by atoms with van der Waals surface area (Å²) in [5.41, 5.74) is 0.456. The fraction of sp³-hybridized carbons (Fsp3) is 0.214. The fourth-order valence-electron chi connectivity index (χ4n) is 1.64. The monoisotopic (exact) mass is 262 g/mol. The molecule has 0 saturated carbocycles. The maximum atomic E-state index is 12.9. The van der Waals surface area contributed by atoms with Crippen LogP contribution in [0.2, 0.25) is 0 Å². The number of halogens is 1. The second-order valence-electron chi connectivity index (χ2n) is 4.06. The molecule has 2 rings (SSSR count). The molecule has 0 unspecified atom stereocenters. The van der Waals surface area contributed by atoms with E-state index in [-0.39, 0.29) is 18.3 Å². The van der Waals surface area contributed by atoms with Crippen LogP contribution < -0.4 is 10.6 Å². The molecule has 100 valence electrons. The van der Waals surface area contributed by atoms with E-state index >= 15 is 0 Å². The molecular weight excluding hydrogens is 247 g/mol. The summed E-state index contributed by atoms with van der Waals surface area (Å²) in [6, 6.07) is 9.51. The molecule has 0 atom stereocenters. The molecule has 1 heterocycles. The third-order valence-corrected chi connectivity index (χ3v) is 2.52. The standard InChI is InChI=1S/C14H15FN2O2/c15-11-3-1-4-12(9-11)17-14(18)10-16-7-6-13-5-2-8-19-13/h1-5,8-9,16H,6-7,10H2,(H,17,18). The summed E-state index contributed by atoms with van der Waals surface area (Å²) in [5.74, 6) is 0.298. The van der Waals surface area contributed by atoms with Crippen LogP contribution in [0.25, 0.3) is 0 Å². The van der Waals surface area contributed by atoms with Gasteiger partial charge in [0.05, 0.1) is 12.8 Å². The molecule has 2 aromatic rings. The van der Waals surface area contributed by atoms with Crippen LogP contribution >= 0.6 is 0 Å². The van der Waals surface area contributed by atoms with E-state index in [4.69, 9.17) is 4.42 Å². The van der Waals surface area contributed by atoms with Crippen molar-refractivity contribution in [2.45, 2.75) is 6.42 Å². The van der Waals surface area contributed by atoms with E-state index in [1.54, 1.807) is 18.4 Å². The summed E-state index contributed by atoms with van der Waals surface area (Å²) >= 11 is 0. The number of amides is 1. The molecule has 0 bridgehead atoms. The molecular formula is C14H15FN2O2. The molecule has 5 heteroatoms. The fourth-order valence-corrected chi connectivity index (χ4v) is 1.64. The highest BCUT2D eigenvalue weighted by molar-refractivity contribution is 5.92. The van der Waals surface area contributed by atoms with Crippen molar-refractivity contribution < 1.29 is 13.6 Å². The summed E-state index contributed by atoms with van der Waals surface area (Å²) in [6.45, 7) is 0.821. The van der Waals surface area contributed by atoms with Gasteiger partial charge < -0.3 is 15.1 Å². The molecule has 0 fully saturated rings. The summed E-state index contributed by atoms with van der Waals surface area (Å²) in [5, 5.41) is 5.60. The lowest BCUT2D eigenvalue weighted by molar-refractivity contribution is -0.115. The molecule has 1 amide bonds. The molecule has 0 aliphatic heterocycles. The van der Waals surface area contributed by atoms with Crippen molar-refractivity contribution in [2.75, 3.05) is 18.4 Å². The van der Waals surface area contributed by atoms with Gasteiger partial charge in [-0.2, -0.15) is 0 Å². The van der Waals surface area contributed by atoms with E-state index in [9.17, 15) is 9.18 Å². The first-order chi connectivity index (χ1) is 9.24. The molecule has 1 aromatic heterocycles. The molecule has 19 heavy (non-hydrogen) atoms. The van der Waals surface area contributed by atoms with E-state index in [0.29, 0.717) is 12.2 Å². The van der Waals surface area contributed by atoms with Crippen LogP contribution in [0.4, 0.5) is 10.1 Å². The maximum absolute atomic E-state index is 12.9. The maximum Gasteiger partial charge on any atom is 0.238 e. The van der Waals surface area contributed by atoms with Gasteiger partial charge in [-0.3, -0.25) is 4.79 Å². The van der Waals surface area contributed by atoms with Gasteiger partial charge >= 0.3 is 0 Å². The summed E-state index contributed by atoms with van der Waals surface area (Å²) in [7, 11) is 0. The molecule has 0 saturated heterocycles. The Morgan fingerprint density at radius 3 is 2.89 bits per heavy atom. The molecule has 1 aromatic carbocycles. The Hall–Kier alpha value is -2.14. The van der Waals surface area contributed by atoms with Gasteiger partial charge in [-0.1, -0.05) is 6.07 Å². The number of rotatable bonds is 6. The third kappa shape index (κ3) is 4.56. The Kier molecular flexibility index (Phi) is 4.69. The zero-order valence-electron chi connectivity index (χ0n) is 10.4. The van der Waals surface area contributed by atoms with Crippen LogP contribution in [0, 0.1) is 5.82 Å². The lowest BCUT2D eigenvalue weighted by atomic mass is 10.3. The van der Waals surface area contributed by atoms with E-state index in [1.165, 1.54) is 12.1 Å². The second-order valence-corrected chi connectivity index (χ2v) is 4.06. The van der Waals surface area contributed by atoms with Crippen molar-refractivity contribution in [3.63, 3.8) is 0 Å². The number of carbonyl (C=O) groups excluding carboxylic acids is 1. The Balaban J connectivity index is 1.67. The van der Waals surface area contributed by atoms with Gasteiger partial charge in [0.1, 0.15) is 11.6 Å². The number of benzene rings is 1. The lowest BCUT2D eigenvalue weighted by Crippen LogP contribution is -2.29. The predicted molar refractivity (Wildman–Crippen MR) is 70.3 cm³/mol. The van der Waals surface area contributed by atoms with E-state index < -0.39 is 0 Å². The van der Waals surface area contributed by atoms with Crippen molar-refractivity contribution in [1.29, 1.82) is 0 Å². The van der Waals surface area contributed by atoms with E-state index in [0.717, 1.165) is 12.2 Å². The van der Waals surface area contributed by atoms with Crippen molar-refractivity contribution in [3.05, 3.63) is 54.2 Å². The highest BCUT2D eigenvalue weighted by atomic mass is 19.1. The zero-order chi connectivity index (χ0) is 13.5. The molecule has 0 aliphatic carbocycles. The molecule has 2 N–H and O–H groups in total. The van der Waals surface area contributed by atoms with Crippen molar-refractivity contribution in [1.82, 2.24) is 5.32 Å². The molecule has 0 radical (unpaired) electrons. The largest absolute Gasteiger partial charge is 0.469 e. The van der Waals surface area contributed by atoms with Gasteiger partial charge in [-0.05, 0) is 30.3 Å². The minimum Gasteiger partial charge on any atom is -0.469 e. The van der Waals surface area contributed by atoms with Crippen molar-refractivity contribution in [3.8, 4) is 0 Å². The number of hydrogen-bond acceptors (Lipinski definition) is 3. The van der Waals surface area contributed by atoms with Crippen LogP contribution in [0.3, 0.4) is 0 Å². The van der Waals surface area contributed by atoms with Gasteiger partial charge in [0.2, 0.25) is 5.91 Å². The smallest absolute Gasteiger partial charge is 0.238 e. The van der Waals surface area contributed by atoms with Crippen molar-refractivity contribution in [2.24, 2.45) is 0 Å². The highest BCUT2D eigenvalue weighted by Crippen LogP contribution is 2.08. The van der Waals surface area contributed by atoms with Gasteiger partial charge in [0.25, 0.3) is 0 Å². The average Bonchev–Trinajstić information content (AvgIpc) is 2.88. The van der Waals surface area contributed by atoms with Gasteiger partial charge in [0.15, 0.2) is 0 Å². The highest BCUT2D eigenvalue weighted by Gasteiger charge is 2.03. The number of hydrogen-bond donors (Lipinski definition) is 2. The summed E-state index contributed by atoms with van der Waals surface area (Å²) < 4.78 is 18.1. The van der Waals surface area contributed by atoms with Gasteiger partial charge in [-0.15, -0.1) is 0 Å².